The van der Waals surface area contributed by atoms with Crippen molar-refractivity contribution in [3.05, 3.63) is 16.8 Å². The highest BCUT2D eigenvalue weighted by Gasteiger charge is 2.42. The number of hydrogen-bond donors (Lipinski definition) is 2. The van der Waals surface area contributed by atoms with Crippen molar-refractivity contribution in [2.75, 3.05) is 18.0 Å². The van der Waals surface area contributed by atoms with Gasteiger partial charge in [0.25, 0.3) is 0 Å². The molecule has 1 saturated carbocycles. The number of aliphatic hydroxyl groups excluding tert-OH is 1. The van der Waals surface area contributed by atoms with Gasteiger partial charge in [0, 0.05) is 31.1 Å². The first kappa shape index (κ1) is 14.7. The van der Waals surface area contributed by atoms with Crippen LogP contribution in [-0.4, -0.2) is 34.5 Å². The molecule has 2 fully saturated rings. The Morgan fingerprint density at radius 1 is 1.14 bits per heavy atom. The third kappa shape index (κ3) is 2.42. The molecule has 1 aromatic heterocycles. The van der Waals surface area contributed by atoms with E-state index in [9.17, 15) is 5.11 Å². The SMILES string of the molecule is CCc1nnc(N2CC3CCC(O)C3C2)c(CN)c1CC. The fourth-order valence-electron chi connectivity index (χ4n) is 4.12. The van der Waals surface area contributed by atoms with Crippen LogP contribution < -0.4 is 10.6 Å². The van der Waals surface area contributed by atoms with Crippen LogP contribution in [0.1, 0.15) is 43.5 Å². The molecule has 2 heterocycles. The van der Waals surface area contributed by atoms with Crippen molar-refractivity contribution in [3.8, 4) is 0 Å². The summed E-state index contributed by atoms with van der Waals surface area (Å²) >= 11 is 0. The van der Waals surface area contributed by atoms with Crippen molar-refractivity contribution >= 4 is 5.82 Å². The van der Waals surface area contributed by atoms with Crippen LogP contribution in [0.2, 0.25) is 0 Å². The molecule has 1 aliphatic carbocycles. The van der Waals surface area contributed by atoms with Gasteiger partial charge in [0.2, 0.25) is 0 Å². The molecule has 21 heavy (non-hydrogen) atoms. The Morgan fingerprint density at radius 3 is 2.57 bits per heavy atom. The molecule has 5 nitrogen and oxygen atoms in total. The first-order valence-electron chi connectivity index (χ1n) is 8.19. The second kappa shape index (κ2) is 5.89. The van der Waals surface area contributed by atoms with E-state index in [1.807, 2.05) is 0 Å². The molecule has 5 heteroatoms. The number of aromatic nitrogens is 2. The summed E-state index contributed by atoms with van der Waals surface area (Å²) in [6.45, 7) is 6.65. The number of aryl methyl sites for hydroxylation is 1. The summed E-state index contributed by atoms with van der Waals surface area (Å²) in [4.78, 5) is 2.30. The van der Waals surface area contributed by atoms with Gasteiger partial charge in [0.15, 0.2) is 5.82 Å². The summed E-state index contributed by atoms with van der Waals surface area (Å²) in [5.74, 6) is 1.95. The van der Waals surface area contributed by atoms with Gasteiger partial charge in [-0.25, -0.2) is 0 Å². The molecule has 1 aliphatic heterocycles. The summed E-state index contributed by atoms with van der Waals surface area (Å²) in [5.41, 5.74) is 9.51. The zero-order valence-electron chi connectivity index (χ0n) is 13.0. The number of rotatable bonds is 4. The molecule has 3 unspecified atom stereocenters. The van der Waals surface area contributed by atoms with Crippen molar-refractivity contribution in [2.24, 2.45) is 17.6 Å². The van der Waals surface area contributed by atoms with E-state index in [1.165, 1.54) is 5.56 Å². The van der Waals surface area contributed by atoms with Crippen LogP contribution in [-0.2, 0) is 19.4 Å². The third-order valence-electron chi connectivity index (χ3n) is 5.26. The van der Waals surface area contributed by atoms with Crippen LogP contribution in [0, 0.1) is 11.8 Å². The number of anilines is 1. The van der Waals surface area contributed by atoms with E-state index in [-0.39, 0.29) is 6.10 Å². The molecular weight excluding hydrogens is 264 g/mol. The van der Waals surface area contributed by atoms with E-state index >= 15 is 0 Å². The molecule has 0 aromatic carbocycles. The van der Waals surface area contributed by atoms with Gasteiger partial charge in [0.1, 0.15) is 0 Å². The van der Waals surface area contributed by atoms with Gasteiger partial charge in [-0.15, -0.1) is 5.10 Å². The molecule has 0 bridgehead atoms. The van der Waals surface area contributed by atoms with E-state index < -0.39 is 0 Å². The van der Waals surface area contributed by atoms with Crippen LogP contribution >= 0.6 is 0 Å². The van der Waals surface area contributed by atoms with Crippen LogP contribution in [0.5, 0.6) is 0 Å². The van der Waals surface area contributed by atoms with Gasteiger partial charge in [-0.1, -0.05) is 13.8 Å². The predicted octanol–water partition coefficient (Wildman–Crippen LogP) is 1.27. The zero-order chi connectivity index (χ0) is 15.0. The second-order valence-corrected chi connectivity index (χ2v) is 6.31. The molecule has 3 atom stereocenters. The minimum Gasteiger partial charge on any atom is -0.393 e. The number of nitrogens with zero attached hydrogens (tertiary/aromatic N) is 3. The minimum atomic E-state index is -0.144. The molecule has 3 rings (SSSR count). The van der Waals surface area contributed by atoms with E-state index in [0.29, 0.717) is 18.4 Å². The highest BCUT2D eigenvalue weighted by Crippen LogP contribution is 2.40. The lowest BCUT2D eigenvalue weighted by atomic mass is 10.00. The van der Waals surface area contributed by atoms with Crippen LogP contribution in [0.4, 0.5) is 5.82 Å². The van der Waals surface area contributed by atoms with Crippen molar-refractivity contribution in [2.45, 2.75) is 52.2 Å². The number of aliphatic hydroxyl groups is 1. The van der Waals surface area contributed by atoms with Gasteiger partial charge in [-0.2, -0.15) is 5.10 Å². The first-order chi connectivity index (χ1) is 10.2. The fraction of sp³-hybridized carbons (Fsp3) is 0.750. The Kier molecular flexibility index (Phi) is 4.13. The Morgan fingerprint density at radius 2 is 1.95 bits per heavy atom. The number of fused-ring (bicyclic) bond motifs is 1. The molecule has 116 valence electrons. The Bertz CT molecular complexity index is 519. The molecule has 0 radical (unpaired) electrons. The third-order valence-corrected chi connectivity index (χ3v) is 5.26. The highest BCUT2D eigenvalue weighted by atomic mass is 16.3. The van der Waals surface area contributed by atoms with Crippen molar-refractivity contribution in [1.29, 1.82) is 0 Å². The topological polar surface area (TPSA) is 75.3 Å². The molecular formula is C16H26N4O. The Labute approximate surface area is 126 Å². The number of nitrogens with two attached hydrogens (primary N) is 1. The van der Waals surface area contributed by atoms with E-state index in [1.54, 1.807) is 0 Å². The number of hydrogen-bond acceptors (Lipinski definition) is 5. The molecule has 3 N–H and O–H groups in total. The highest BCUT2D eigenvalue weighted by molar-refractivity contribution is 5.52. The molecule has 2 aliphatic rings. The summed E-state index contributed by atoms with van der Waals surface area (Å²) < 4.78 is 0. The van der Waals surface area contributed by atoms with E-state index in [4.69, 9.17) is 5.73 Å². The summed E-state index contributed by atoms with van der Waals surface area (Å²) in [7, 11) is 0. The van der Waals surface area contributed by atoms with Crippen LogP contribution in [0.15, 0.2) is 0 Å². The summed E-state index contributed by atoms with van der Waals surface area (Å²) in [6.07, 6.45) is 3.78. The first-order valence-corrected chi connectivity index (χ1v) is 8.19. The van der Waals surface area contributed by atoms with Crippen LogP contribution in [0.25, 0.3) is 0 Å². The largest absolute Gasteiger partial charge is 0.393 e. The monoisotopic (exact) mass is 290 g/mol. The predicted molar refractivity (Wildman–Crippen MR) is 83.1 cm³/mol. The van der Waals surface area contributed by atoms with Gasteiger partial charge < -0.3 is 15.7 Å². The Balaban J connectivity index is 1.92. The van der Waals surface area contributed by atoms with Crippen molar-refractivity contribution in [1.82, 2.24) is 10.2 Å². The Hall–Kier alpha value is -1.20. The fourth-order valence-corrected chi connectivity index (χ4v) is 4.12. The van der Waals surface area contributed by atoms with Gasteiger partial charge in [0.05, 0.1) is 11.8 Å². The summed E-state index contributed by atoms with van der Waals surface area (Å²) in [6, 6.07) is 0. The summed E-state index contributed by atoms with van der Waals surface area (Å²) in [5, 5.41) is 19.0. The maximum atomic E-state index is 10.1. The van der Waals surface area contributed by atoms with E-state index in [2.05, 4.69) is 28.9 Å². The lowest BCUT2D eigenvalue weighted by molar-refractivity contribution is 0.133. The minimum absolute atomic E-state index is 0.144. The molecule has 0 spiro atoms. The smallest absolute Gasteiger partial charge is 0.156 e. The van der Waals surface area contributed by atoms with Gasteiger partial charge in [-0.3, -0.25) is 0 Å². The molecule has 0 amide bonds. The average Bonchev–Trinajstić information content (AvgIpc) is 3.07. The van der Waals surface area contributed by atoms with Gasteiger partial charge in [-0.05, 0) is 37.2 Å². The maximum absolute atomic E-state index is 10.1. The second-order valence-electron chi connectivity index (χ2n) is 6.31. The van der Waals surface area contributed by atoms with E-state index in [0.717, 1.165) is 55.8 Å². The lowest BCUT2D eigenvalue weighted by Gasteiger charge is -2.23. The quantitative estimate of drug-likeness (QED) is 0.873. The molecule has 1 aromatic rings. The van der Waals surface area contributed by atoms with Crippen LogP contribution in [0.3, 0.4) is 0 Å². The standard InChI is InChI=1S/C16H26N4O/c1-3-11-12(7-17)16(19-18-14(11)4-2)20-8-10-5-6-15(21)13(10)9-20/h10,13,15,21H,3-9,17H2,1-2H3. The lowest BCUT2D eigenvalue weighted by Crippen LogP contribution is -2.28. The van der Waals surface area contributed by atoms with Gasteiger partial charge >= 0.3 is 0 Å². The van der Waals surface area contributed by atoms with Crippen molar-refractivity contribution < 1.29 is 5.11 Å². The normalized spacial score (nSPS) is 28.2. The zero-order valence-corrected chi connectivity index (χ0v) is 13.0. The maximum Gasteiger partial charge on any atom is 0.156 e. The average molecular weight is 290 g/mol. The van der Waals surface area contributed by atoms with Crippen molar-refractivity contribution in [3.63, 3.8) is 0 Å². The molecule has 1 saturated heterocycles.